The fourth-order valence-corrected chi connectivity index (χ4v) is 6.29. The molecule has 0 N–H and O–H groups in total. The van der Waals surface area contributed by atoms with Crippen LogP contribution >= 0.6 is 18.1 Å². The Morgan fingerprint density at radius 2 is 2.06 bits per heavy atom. The van der Waals surface area contributed by atoms with Crippen molar-refractivity contribution in [2.75, 3.05) is 12.8 Å². The first kappa shape index (κ1) is 13.2. The Bertz CT molecular complexity index is 426. The van der Waals surface area contributed by atoms with E-state index in [1.54, 1.807) is 0 Å². The monoisotopic (exact) mass is 271 g/mol. The fraction of sp³-hybridized carbons (Fsp3) is 0.500. The van der Waals surface area contributed by atoms with E-state index in [4.69, 9.17) is 4.52 Å². The van der Waals surface area contributed by atoms with Crippen LogP contribution in [0.25, 0.3) is 0 Å². The highest BCUT2D eigenvalue weighted by molar-refractivity contribution is 8.55. The quantitative estimate of drug-likeness (QED) is 0.779. The van der Waals surface area contributed by atoms with Gasteiger partial charge in [-0.25, -0.2) is 4.67 Å². The van der Waals surface area contributed by atoms with Crippen LogP contribution in [0.5, 0.6) is 0 Å². The number of hydrogen-bond donors (Lipinski definition) is 0. The second-order valence-electron chi connectivity index (χ2n) is 4.14. The summed E-state index contributed by atoms with van der Waals surface area (Å²) < 4.78 is 20.3. The van der Waals surface area contributed by atoms with E-state index in [2.05, 4.69) is 6.92 Å². The van der Waals surface area contributed by atoms with Crippen LogP contribution in [0, 0.1) is 0 Å². The Labute approximate surface area is 107 Å². The van der Waals surface area contributed by atoms with E-state index in [0.29, 0.717) is 0 Å². The fourth-order valence-electron chi connectivity index (χ4n) is 1.99. The van der Waals surface area contributed by atoms with Gasteiger partial charge in [-0.05, 0) is 19.5 Å². The van der Waals surface area contributed by atoms with Crippen molar-refractivity contribution in [3.8, 4) is 0 Å². The molecule has 1 aromatic carbocycles. The van der Waals surface area contributed by atoms with E-state index in [9.17, 15) is 4.57 Å². The summed E-state index contributed by atoms with van der Waals surface area (Å²) in [6.45, 7) is 1.38. The van der Waals surface area contributed by atoms with Gasteiger partial charge in [-0.3, -0.25) is 9.09 Å². The summed E-state index contributed by atoms with van der Waals surface area (Å²) >= 11 is 1.41. The van der Waals surface area contributed by atoms with Crippen LogP contribution in [0.2, 0.25) is 0 Å². The second-order valence-corrected chi connectivity index (χ2v) is 8.91. The molecular formula is C12H18NO2PS. The lowest BCUT2D eigenvalue weighted by atomic mass is 10.0. The average molecular weight is 271 g/mol. The molecule has 1 saturated heterocycles. The van der Waals surface area contributed by atoms with E-state index >= 15 is 0 Å². The first-order chi connectivity index (χ1) is 8.08. The van der Waals surface area contributed by atoms with E-state index in [-0.39, 0.29) is 12.1 Å². The number of likely N-dealkylation sites (N-methyl/N-ethyl adjacent to an activating group) is 1. The Hall–Kier alpha value is -0.280. The molecule has 1 aliphatic rings. The Morgan fingerprint density at radius 3 is 2.65 bits per heavy atom. The lowest BCUT2D eigenvalue weighted by molar-refractivity contribution is 0.213. The van der Waals surface area contributed by atoms with E-state index in [0.717, 1.165) is 11.3 Å². The molecule has 0 spiro atoms. The molecule has 0 saturated carbocycles. The lowest BCUT2D eigenvalue weighted by Crippen LogP contribution is -2.22. The normalized spacial score (nSPS) is 34.1. The Kier molecular flexibility index (Phi) is 3.99. The molecule has 1 aromatic rings. The van der Waals surface area contributed by atoms with Gasteiger partial charge in [-0.1, -0.05) is 48.6 Å². The molecule has 17 heavy (non-hydrogen) atoms. The molecule has 2 rings (SSSR count). The molecule has 1 heterocycles. The van der Waals surface area contributed by atoms with Gasteiger partial charge < -0.3 is 0 Å². The van der Waals surface area contributed by atoms with Gasteiger partial charge >= 0.3 is 6.72 Å². The molecule has 0 bridgehead atoms. The first-order valence-corrected chi connectivity index (χ1v) is 8.96. The summed E-state index contributed by atoms with van der Waals surface area (Å²) in [5.41, 5.74) is 1.10. The van der Waals surface area contributed by atoms with Gasteiger partial charge in [-0.15, -0.1) is 0 Å². The molecule has 0 amide bonds. The predicted octanol–water partition coefficient (Wildman–Crippen LogP) is 3.94. The molecule has 5 heteroatoms. The number of hydrogen-bond acceptors (Lipinski definition) is 3. The SMILES string of the molecule is CCS[P@]1(=O)O[C@@H](c2ccccc2)[C@@H](C)N1C. The maximum Gasteiger partial charge on any atom is 0.329 e. The highest BCUT2D eigenvalue weighted by Crippen LogP contribution is 2.70. The summed E-state index contributed by atoms with van der Waals surface area (Å²) in [5, 5.41) is 0. The minimum absolute atomic E-state index is 0.0916. The standard InChI is InChI=1S/C12H18NO2PS/c1-4-17-16(14)13(3)10(2)12(15-16)11-8-6-5-7-9-11/h5-10,12H,4H2,1-3H3/t10-,12-,16-/m1/s1. The molecule has 3 atom stereocenters. The summed E-state index contributed by atoms with van der Waals surface area (Å²) in [6, 6.07) is 10.2. The molecule has 1 aliphatic heterocycles. The Balaban J connectivity index is 2.26. The summed E-state index contributed by atoms with van der Waals surface area (Å²) in [7, 11) is 1.89. The average Bonchev–Trinajstić information content (AvgIpc) is 2.56. The smallest absolute Gasteiger partial charge is 0.300 e. The summed E-state index contributed by atoms with van der Waals surface area (Å²) in [6.07, 6.45) is -0.0916. The molecule has 3 nitrogen and oxygen atoms in total. The molecular weight excluding hydrogens is 253 g/mol. The highest BCUT2D eigenvalue weighted by Gasteiger charge is 2.46. The molecule has 0 aliphatic carbocycles. The minimum atomic E-state index is -2.69. The molecule has 1 fully saturated rings. The van der Waals surface area contributed by atoms with Crippen molar-refractivity contribution < 1.29 is 9.09 Å². The Morgan fingerprint density at radius 1 is 1.41 bits per heavy atom. The van der Waals surface area contributed by atoms with Gasteiger partial charge in [0.15, 0.2) is 0 Å². The maximum absolute atomic E-state index is 12.6. The zero-order valence-corrected chi connectivity index (χ0v) is 12.1. The van der Waals surface area contributed by atoms with Crippen molar-refractivity contribution in [1.29, 1.82) is 0 Å². The van der Waals surface area contributed by atoms with Gasteiger partial charge in [0.2, 0.25) is 0 Å². The predicted molar refractivity (Wildman–Crippen MR) is 73.2 cm³/mol. The van der Waals surface area contributed by atoms with Crippen LogP contribution in [0.4, 0.5) is 0 Å². The van der Waals surface area contributed by atoms with Gasteiger partial charge in [0.05, 0.1) is 0 Å². The van der Waals surface area contributed by atoms with Gasteiger partial charge in [0.25, 0.3) is 0 Å². The van der Waals surface area contributed by atoms with Crippen LogP contribution in [-0.4, -0.2) is 23.5 Å². The number of nitrogens with zero attached hydrogens (tertiary/aromatic N) is 1. The largest absolute Gasteiger partial charge is 0.329 e. The van der Waals surface area contributed by atoms with E-state index in [1.165, 1.54) is 11.4 Å². The maximum atomic E-state index is 12.6. The first-order valence-electron chi connectivity index (χ1n) is 5.79. The van der Waals surface area contributed by atoms with Crippen LogP contribution in [0.15, 0.2) is 30.3 Å². The zero-order valence-electron chi connectivity index (χ0n) is 10.4. The van der Waals surface area contributed by atoms with Gasteiger partial charge in [0, 0.05) is 11.8 Å². The van der Waals surface area contributed by atoms with Crippen molar-refractivity contribution in [2.24, 2.45) is 0 Å². The van der Waals surface area contributed by atoms with Crippen LogP contribution in [-0.2, 0) is 9.09 Å². The van der Waals surface area contributed by atoms with Crippen molar-refractivity contribution in [1.82, 2.24) is 4.67 Å². The zero-order chi connectivity index (χ0) is 12.5. The molecule has 94 valence electrons. The highest BCUT2D eigenvalue weighted by atomic mass is 32.7. The number of benzene rings is 1. The van der Waals surface area contributed by atoms with E-state index < -0.39 is 6.72 Å². The van der Waals surface area contributed by atoms with Crippen LogP contribution in [0.1, 0.15) is 25.5 Å². The third-order valence-electron chi connectivity index (χ3n) is 3.08. The third kappa shape index (κ3) is 2.45. The topological polar surface area (TPSA) is 29.5 Å². The molecule has 0 unspecified atom stereocenters. The van der Waals surface area contributed by atoms with Crippen molar-refractivity contribution in [3.05, 3.63) is 35.9 Å². The van der Waals surface area contributed by atoms with Gasteiger partial charge in [0.1, 0.15) is 6.10 Å². The summed E-state index contributed by atoms with van der Waals surface area (Å²) in [5.74, 6) is 0.801. The van der Waals surface area contributed by atoms with Crippen molar-refractivity contribution in [2.45, 2.75) is 26.0 Å². The molecule has 0 radical (unpaired) electrons. The number of rotatable bonds is 3. The summed E-state index contributed by atoms with van der Waals surface area (Å²) in [4.78, 5) is 0. The van der Waals surface area contributed by atoms with Crippen LogP contribution in [0.3, 0.4) is 0 Å². The van der Waals surface area contributed by atoms with Crippen molar-refractivity contribution in [3.63, 3.8) is 0 Å². The van der Waals surface area contributed by atoms with Crippen LogP contribution < -0.4 is 0 Å². The van der Waals surface area contributed by atoms with Crippen molar-refractivity contribution >= 4 is 18.1 Å². The second kappa shape index (κ2) is 5.15. The third-order valence-corrected chi connectivity index (χ3v) is 8.08. The molecule has 0 aromatic heterocycles. The minimum Gasteiger partial charge on any atom is -0.300 e. The van der Waals surface area contributed by atoms with E-state index in [1.807, 2.05) is 49.0 Å². The lowest BCUT2D eigenvalue weighted by Gasteiger charge is -2.19. The van der Waals surface area contributed by atoms with Gasteiger partial charge in [-0.2, -0.15) is 0 Å².